The number of aromatic nitrogens is 4. The Morgan fingerprint density at radius 2 is 2.07 bits per heavy atom. The van der Waals surface area contributed by atoms with Gasteiger partial charge in [-0.25, -0.2) is 9.97 Å². The fraction of sp³-hybridized carbons (Fsp3) is 0.300. The molecular weight excluding hydrogens is 190 g/mol. The van der Waals surface area contributed by atoms with Crippen LogP contribution in [0, 0.1) is 20.8 Å². The molecule has 0 aliphatic carbocycles. The van der Waals surface area contributed by atoms with Crippen molar-refractivity contribution in [1.82, 2.24) is 20.2 Å². The third kappa shape index (κ3) is 1.96. The van der Waals surface area contributed by atoms with Gasteiger partial charge in [-0.1, -0.05) is 0 Å². The predicted octanol–water partition coefficient (Wildman–Crippen LogP) is 1.87. The summed E-state index contributed by atoms with van der Waals surface area (Å²) in [4.78, 5) is 8.27. The Morgan fingerprint density at radius 1 is 1.27 bits per heavy atom. The summed E-state index contributed by atoms with van der Waals surface area (Å²) in [5.74, 6) is 2.31. The second-order valence-electron chi connectivity index (χ2n) is 3.44. The van der Waals surface area contributed by atoms with Gasteiger partial charge < -0.3 is 5.32 Å². The van der Waals surface area contributed by atoms with Gasteiger partial charge in [-0.15, -0.1) is 0 Å². The molecule has 15 heavy (non-hydrogen) atoms. The molecule has 0 atom stereocenters. The van der Waals surface area contributed by atoms with E-state index in [1.807, 2.05) is 26.8 Å². The van der Waals surface area contributed by atoms with E-state index in [1.54, 1.807) is 6.20 Å². The molecule has 0 unspecified atom stereocenters. The highest BCUT2D eigenvalue weighted by atomic mass is 15.2. The van der Waals surface area contributed by atoms with Crippen LogP contribution in [-0.2, 0) is 0 Å². The Kier molecular flexibility index (Phi) is 2.37. The van der Waals surface area contributed by atoms with Crippen molar-refractivity contribution in [3.05, 3.63) is 29.3 Å². The zero-order valence-corrected chi connectivity index (χ0v) is 9.00. The van der Waals surface area contributed by atoms with Gasteiger partial charge in [0.25, 0.3) is 0 Å². The Hall–Kier alpha value is -1.91. The van der Waals surface area contributed by atoms with E-state index < -0.39 is 0 Å². The molecule has 2 aromatic heterocycles. The Balaban J connectivity index is 2.26. The monoisotopic (exact) mass is 203 g/mol. The number of nitrogens with one attached hydrogen (secondary N) is 2. The lowest BCUT2D eigenvalue weighted by Crippen LogP contribution is -1.97. The van der Waals surface area contributed by atoms with Crippen molar-refractivity contribution in [2.45, 2.75) is 20.8 Å². The lowest BCUT2D eigenvalue weighted by atomic mass is 10.3. The van der Waals surface area contributed by atoms with Crippen molar-refractivity contribution in [3.63, 3.8) is 0 Å². The molecule has 2 N–H and O–H groups in total. The van der Waals surface area contributed by atoms with E-state index >= 15 is 0 Å². The molecule has 5 heteroatoms. The van der Waals surface area contributed by atoms with E-state index in [4.69, 9.17) is 0 Å². The first-order valence-electron chi connectivity index (χ1n) is 4.75. The van der Waals surface area contributed by atoms with Crippen LogP contribution in [-0.4, -0.2) is 20.2 Å². The van der Waals surface area contributed by atoms with Crippen LogP contribution in [0.5, 0.6) is 0 Å². The summed E-state index contributed by atoms with van der Waals surface area (Å²) in [6.45, 7) is 5.85. The van der Waals surface area contributed by atoms with Crippen LogP contribution < -0.4 is 5.32 Å². The van der Waals surface area contributed by atoms with Gasteiger partial charge in [-0.3, -0.25) is 5.10 Å². The van der Waals surface area contributed by atoms with E-state index in [-0.39, 0.29) is 0 Å². The maximum absolute atomic E-state index is 4.24. The molecule has 78 valence electrons. The van der Waals surface area contributed by atoms with Crippen LogP contribution >= 0.6 is 0 Å². The van der Waals surface area contributed by atoms with Crippen LogP contribution in [0.25, 0.3) is 0 Å². The van der Waals surface area contributed by atoms with Gasteiger partial charge in [-0.05, 0) is 26.8 Å². The summed E-state index contributed by atoms with van der Waals surface area (Å²) >= 11 is 0. The summed E-state index contributed by atoms with van der Waals surface area (Å²) in [6, 6.07) is 1.82. The van der Waals surface area contributed by atoms with Gasteiger partial charge >= 0.3 is 0 Å². The topological polar surface area (TPSA) is 66.5 Å². The summed E-state index contributed by atoms with van der Waals surface area (Å²) in [6.07, 6.45) is 1.72. The molecule has 0 radical (unpaired) electrons. The minimum Gasteiger partial charge on any atom is -0.323 e. The molecule has 2 heterocycles. The number of H-pyrrole nitrogens is 1. The third-order valence-corrected chi connectivity index (χ3v) is 2.28. The highest BCUT2D eigenvalue weighted by Crippen LogP contribution is 2.17. The number of aryl methyl sites for hydroxylation is 2. The van der Waals surface area contributed by atoms with Crippen LogP contribution in [0.1, 0.15) is 17.1 Å². The van der Waals surface area contributed by atoms with E-state index in [9.17, 15) is 0 Å². The Labute approximate surface area is 88.0 Å². The van der Waals surface area contributed by atoms with Gasteiger partial charge in [-0.2, -0.15) is 5.10 Å². The zero-order chi connectivity index (χ0) is 10.8. The molecular formula is C10H13N5. The molecule has 5 nitrogen and oxygen atoms in total. The first-order valence-corrected chi connectivity index (χ1v) is 4.75. The van der Waals surface area contributed by atoms with Crippen LogP contribution in [0.2, 0.25) is 0 Å². The molecule has 0 saturated heterocycles. The molecule has 2 aromatic rings. The Morgan fingerprint density at radius 3 is 2.67 bits per heavy atom. The highest BCUT2D eigenvalue weighted by molar-refractivity contribution is 5.55. The molecule has 0 saturated carbocycles. The zero-order valence-electron chi connectivity index (χ0n) is 9.00. The largest absolute Gasteiger partial charge is 0.323 e. The first kappa shape index (κ1) is 9.64. The minimum atomic E-state index is 0.741. The number of anilines is 2. The van der Waals surface area contributed by atoms with Gasteiger partial charge in [0.05, 0.1) is 0 Å². The predicted molar refractivity (Wildman–Crippen MR) is 58.1 cm³/mol. The normalized spacial score (nSPS) is 10.3. The van der Waals surface area contributed by atoms with Crippen molar-refractivity contribution >= 4 is 11.6 Å². The van der Waals surface area contributed by atoms with Gasteiger partial charge in [0.2, 0.25) is 0 Å². The number of hydrogen-bond acceptors (Lipinski definition) is 4. The minimum absolute atomic E-state index is 0.741. The average molecular weight is 203 g/mol. The summed E-state index contributed by atoms with van der Waals surface area (Å²) in [5.41, 5.74) is 2.16. The number of hydrogen-bond donors (Lipinski definition) is 2. The standard InChI is InChI=1S/C10H13N5/c1-6-7(2)14-15-10(6)13-9-4-5-11-8(3)12-9/h4-5H,1-3H3,(H2,11,12,13,14,15). The van der Waals surface area contributed by atoms with Crippen molar-refractivity contribution < 1.29 is 0 Å². The van der Waals surface area contributed by atoms with Crippen molar-refractivity contribution in [2.75, 3.05) is 5.32 Å². The Bertz CT molecular complexity index is 474. The van der Waals surface area contributed by atoms with Crippen LogP contribution in [0.3, 0.4) is 0 Å². The highest BCUT2D eigenvalue weighted by Gasteiger charge is 2.05. The maximum atomic E-state index is 4.24. The fourth-order valence-corrected chi connectivity index (χ4v) is 1.25. The van der Waals surface area contributed by atoms with E-state index in [0.29, 0.717) is 0 Å². The molecule has 2 rings (SSSR count). The van der Waals surface area contributed by atoms with Crippen LogP contribution in [0.4, 0.5) is 11.6 Å². The number of nitrogens with zero attached hydrogens (tertiary/aromatic N) is 3. The van der Waals surface area contributed by atoms with Crippen LogP contribution in [0.15, 0.2) is 12.3 Å². The molecule has 0 bridgehead atoms. The van der Waals surface area contributed by atoms with Crippen molar-refractivity contribution in [3.8, 4) is 0 Å². The van der Waals surface area contributed by atoms with Crippen molar-refractivity contribution in [1.29, 1.82) is 0 Å². The van der Waals surface area contributed by atoms with Gasteiger partial charge in [0.1, 0.15) is 11.6 Å². The molecule has 0 amide bonds. The van der Waals surface area contributed by atoms with E-state index in [2.05, 4.69) is 25.5 Å². The van der Waals surface area contributed by atoms with Gasteiger partial charge in [0, 0.05) is 17.5 Å². The molecule has 0 aliphatic heterocycles. The second-order valence-corrected chi connectivity index (χ2v) is 3.44. The molecule has 0 aromatic carbocycles. The molecule has 0 fully saturated rings. The molecule has 0 spiro atoms. The van der Waals surface area contributed by atoms with E-state index in [1.165, 1.54) is 0 Å². The van der Waals surface area contributed by atoms with Crippen molar-refractivity contribution in [2.24, 2.45) is 0 Å². The summed E-state index contributed by atoms with van der Waals surface area (Å²) in [5, 5.41) is 10.2. The maximum Gasteiger partial charge on any atom is 0.156 e. The first-order chi connectivity index (χ1) is 7.16. The lowest BCUT2D eigenvalue weighted by Gasteiger charge is -2.03. The summed E-state index contributed by atoms with van der Waals surface area (Å²) in [7, 11) is 0. The number of aromatic amines is 1. The molecule has 0 aliphatic rings. The smallest absolute Gasteiger partial charge is 0.156 e. The second kappa shape index (κ2) is 3.68. The lowest BCUT2D eigenvalue weighted by molar-refractivity contribution is 1.03. The fourth-order valence-electron chi connectivity index (χ4n) is 1.25. The number of rotatable bonds is 2. The average Bonchev–Trinajstić information content (AvgIpc) is 2.50. The SMILES string of the molecule is Cc1nccc(Nc2n[nH]c(C)c2C)n1. The van der Waals surface area contributed by atoms with E-state index in [0.717, 1.165) is 28.7 Å². The third-order valence-electron chi connectivity index (χ3n) is 2.28. The van der Waals surface area contributed by atoms with Gasteiger partial charge in [0.15, 0.2) is 5.82 Å². The quantitative estimate of drug-likeness (QED) is 0.781. The summed E-state index contributed by atoms with van der Waals surface area (Å²) < 4.78 is 0.